The number of rotatable bonds is 8. The molecule has 0 aliphatic heterocycles. The molecule has 1 aromatic carbocycles. The second-order valence-electron chi connectivity index (χ2n) is 7.28. The summed E-state index contributed by atoms with van der Waals surface area (Å²) >= 11 is 0. The molecule has 30 heavy (non-hydrogen) atoms. The third kappa shape index (κ3) is 4.91. The summed E-state index contributed by atoms with van der Waals surface area (Å²) in [5.41, 5.74) is 0.721. The number of nitrogens with one attached hydrogen (secondary N) is 1. The zero-order valence-electron chi connectivity index (χ0n) is 17.8. The van der Waals surface area contributed by atoms with E-state index in [0.717, 1.165) is 31.0 Å². The van der Waals surface area contributed by atoms with Gasteiger partial charge in [0.05, 0.1) is 0 Å². The van der Waals surface area contributed by atoms with E-state index in [2.05, 4.69) is 39.4 Å². The van der Waals surface area contributed by atoms with Gasteiger partial charge in [0.1, 0.15) is 11.6 Å². The summed E-state index contributed by atoms with van der Waals surface area (Å²) in [5.74, 6) is 1.50. The zero-order valence-corrected chi connectivity index (χ0v) is 17.8. The summed E-state index contributed by atoms with van der Waals surface area (Å²) < 4.78 is 16.5. The fraction of sp³-hybridized carbons (Fsp3) is 0.429. The van der Waals surface area contributed by atoms with Gasteiger partial charge in [-0.15, -0.1) is 15.3 Å². The first-order chi connectivity index (χ1) is 14.4. The summed E-state index contributed by atoms with van der Waals surface area (Å²) in [7, 11) is 0. The maximum atomic E-state index is 13.4. The van der Waals surface area contributed by atoms with Crippen LogP contribution < -0.4 is 5.32 Å². The van der Waals surface area contributed by atoms with Crippen molar-refractivity contribution in [2.45, 2.75) is 40.2 Å². The number of benzene rings is 1. The van der Waals surface area contributed by atoms with Crippen LogP contribution in [0.15, 0.2) is 36.5 Å². The van der Waals surface area contributed by atoms with Gasteiger partial charge in [0.15, 0.2) is 11.6 Å². The molecule has 1 N–H and O–H groups in total. The number of carbonyl (C=O) groups excluding carboxylic acids is 1. The highest BCUT2D eigenvalue weighted by Crippen LogP contribution is 2.23. The smallest absolute Gasteiger partial charge is 0.334 e. The van der Waals surface area contributed by atoms with E-state index in [1.807, 2.05) is 18.4 Å². The van der Waals surface area contributed by atoms with Gasteiger partial charge in [-0.2, -0.15) is 4.68 Å². The Balaban J connectivity index is 1.99. The van der Waals surface area contributed by atoms with Crippen molar-refractivity contribution in [1.29, 1.82) is 0 Å². The summed E-state index contributed by atoms with van der Waals surface area (Å²) in [6.45, 7) is 10.7. The van der Waals surface area contributed by atoms with Gasteiger partial charge in [-0.1, -0.05) is 13.8 Å². The van der Waals surface area contributed by atoms with E-state index >= 15 is 0 Å². The van der Waals surface area contributed by atoms with Crippen LogP contribution in [0.5, 0.6) is 0 Å². The lowest BCUT2D eigenvalue weighted by molar-refractivity contribution is 0.237. The lowest BCUT2D eigenvalue weighted by atomic mass is 10.2. The van der Waals surface area contributed by atoms with Gasteiger partial charge < -0.3 is 10.2 Å². The van der Waals surface area contributed by atoms with Gasteiger partial charge in [-0.05, 0) is 51.2 Å². The molecule has 1 amide bonds. The van der Waals surface area contributed by atoms with Gasteiger partial charge in [0.2, 0.25) is 0 Å². The Morgan fingerprint density at radius 2 is 1.83 bits per heavy atom. The summed E-state index contributed by atoms with van der Waals surface area (Å²) in [6.07, 6.45) is 2.27. The molecule has 0 fully saturated rings. The number of hydrogen-bond donors (Lipinski definition) is 1. The minimum absolute atomic E-state index is 0.000491. The molecule has 2 aromatic heterocycles. The van der Waals surface area contributed by atoms with Crippen LogP contribution in [-0.4, -0.2) is 61.2 Å². The predicted octanol–water partition coefficient (Wildman–Crippen LogP) is 3.12. The van der Waals surface area contributed by atoms with Crippen LogP contribution in [0.25, 0.3) is 17.2 Å². The highest BCUT2D eigenvalue weighted by Gasteiger charge is 2.19. The van der Waals surface area contributed by atoms with Crippen molar-refractivity contribution in [2.75, 3.05) is 19.6 Å². The van der Waals surface area contributed by atoms with Gasteiger partial charge in [-0.3, -0.25) is 4.57 Å². The number of likely N-dealkylation sites (N-methyl/N-ethyl adjacent to an activating group) is 1. The van der Waals surface area contributed by atoms with Crippen molar-refractivity contribution in [3.05, 3.63) is 48.2 Å². The van der Waals surface area contributed by atoms with Crippen LogP contribution >= 0.6 is 0 Å². The molecule has 8 nitrogen and oxygen atoms in total. The topological polar surface area (TPSA) is 80.9 Å². The molecule has 0 aliphatic carbocycles. The Morgan fingerprint density at radius 1 is 1.13 bits per heavy atom. The highest BCUT2D eigenvalue weighted by molar-refractivity contribution is 5.76. The van der Waals surface area contributed by atoms with E-state index in [4.69, 9.17) is 0 Å². The molecule has 160 valence electrons. The lowest BCUT2D eigenvalue weighted by Crippen LogP contribution is -2.34. The minimum Gasteiger partial charge on any atom is -0.334 e. The van der Waals surface area contributed by atoms with Gasteiger partial charge in [0, 0.05) is 36.8 Å². The Hall–Kier alpha value is -3.07. The van der Waals surface area contributed by atoms with E-state index in [9.17, 15) is 9.18 Å². The van der Waals surface area contributed by atoms with Gasteiger partial charge in [0.25, 0.3) is 0 Å². The van der Waals surface area contributed by atoms with E-state index in [1.165, 1.54) is 16.8 Å². The SMILES string of the molecule is CCN(CC)CCc1nnc(-c2ccc(F)cc2)n1-c1ccn(C(=O)NC(C)C)n1. The molecule has 0 atom stereocenters. The van der Waals surface area contributed by atoms with E-state index in [0.29, 0.717) is 18.1 Å². The largest absolute Gasteiger partial charge is 0.342 e. The van der Waals surface area contributed by atoms with Crippen LogP contribution in [-0.2, 0) is 6.42 Å². The molecule has 3 rings (SSSR count). The first-order valence-electron chi connectivity index (χ1n) is 10.2. The molecule has 0 aliphatic rings. The summed E-state index contributed by atoms with van der Waals surface area (Å²) in [4.78, 5) is 14.6. The van der Waals surface area contributed by atoms with Crippen molar-refractivity contribution < 1.29 is 9.18 Å². The molecular formula is C21H28FN7O. The third-order valence-electron chi connectivity index (χ3n) is 4.80. The Morgan fingerprint density at radius 3 is 2.47 bits per heavy atom. The molecule has 0 bridgehead atoms. The van der Waals surface area contributed by atoms with Crippen molar-refractivity contribution in [2.24, 2.45) is 0 Å². The summed E-state index contributed by atoms with van der Waals surface area (Å²) in [6, 6.07) is 7.53. The molecule has 0 unspecified atom stereocenters. The molecule has 9 heteroatoms. The highest BCUT2D eigenvalue weighted by atomic mass is 19.1. The predicted molar refractivity (Wildman–Crippen MR) is 113 cm³/mol. The first kappa shape index (κ1) is 21.6. The number of hydrogen-bond acceptors (Lipinski definition) is 5. The third-order valence-corrected chi connectivity index (χ3v) is 4.80. The van der Waals surface area contributed by atoms with Crippen molar-refractivity contribution in [1.82, 2.24) is 34.8 Å². The number of halogens is 1. The fourth-order valence-corrected chi connectivity index (χ4v) is 3.16. The van der Waals surface area contributed by atoms with E-state index in [-0.39, 0.29) is 17.9 Å². The standard InChI is InChI=1S/C21H28FN7O/c1-5-27(6-2)13-11-18-24-25-20(16-7-9-17(22)10-8-16)29(18)19-12-14-28(26-19)21(30)23-15(3)4/h7-10,12,14-15H,5-6,11,13H2,1-4H3,(H,23,30). The first-order valence-corrected chi connectivity index (χ1v) is 10.2. The maximum absolute atomic E-state index is 13.4. The lowest BCUT2D eigenvalue weighted by Gasteiger charge is -2.17. The zero-order chi connectivity index (χ0) is 21.7. The molecule has 0 radical (unpaired) electrons. The molecule has 2 heterocycles. The normalized spacial score (nSPS) is 11.4. The molecule has 0 spiro atoms. The van der Waals surface area contributed by atoms with Crippen molar-refractivity contribution in [3.63, 3.8) is 0 Å². The second-order valence-corrected chi connectivity index (χ2v) is 7.28. The van der Waals surface area contributed by atoms with E-state index < -0.39 is 0 Å². The quantitative estimate of drug-likeness (QED) is 0.614. The number of aromatic nitrogens is 5. The van der Waals surface area contributed by atoms with Crippen molar-refractivity contribution >= 4 is 6.03 Å². The molecule has 3 aromatic rings. The monoisotopic (exact) mass is 413 g/mol. The maximum Gasteiger partial charge on any atom is 0.342 e. The van der Waals surface area contributed by atoms with Crippen LogP contribution in [0.2, 0.25) is 0 Å². The molecular weight excluding hydrogens is 385 g/mol. The number of nitrogens with zero attached hydrogens (tertiary/aromatic N) is 6. The fourth-order valence-electron chi connectivity index (χ4n) is 3.16. The van der Waals surface area contributed by atoms with Gasteiger partial charge in [-0.25, -0.2) is 9.18 Å². The number of carbonyl (C=O) groups is 1. The van der Waals surface area contributed by atoms with Gasteiger partial charge >= 0.3 is 6.03 Å². The minimum atomic E-state index is -0.318. The van der Waals surface area contributed by atoms with Crippen LogP contribution in [0.3, 0.4) is 0 Å². The van der Waals surface area contributed by atoms with Crippen LogP contribution in [0.4, 0.5) is 9.18 Å². The Labute approximate surface area is 175 Å². The summed E-state index contributed by atoms with van der Waals surface area (Å²) in [5, 5.41) is 16.0. The van der Waals surface area contributed by atoms with Crippen LogP contribution in [0, 0.1) is 5.82 Å². The average molecular weight is 414 g/mol. The molecule has 0 saturated carbocycles. The molecule has 0 saturated heterocycles. The Kier molecular flexibility index (Phi) is 6.94. The number of amides is 1. The second kappa shape index (κ2) is 9.62. The Bertz CT molecular complexity index is 974. The average Bonchev–Trinajstić information content (AvgIpc) is 3.36. The van der Waals surface area contributed by atoms with Crippen molar-refractivity contribution in [3.8, 4) is 17.2 Å². The van der Waals surface area contributed by atoms with E-state index in [1.54, 1.807) is 24.4 Å². The van der Waals surface area contributed by atoms with Crippen LogP contribution in [0.1, 0.15) is 33.5 Å².